The van der Waals surface area contributed by atoms with Crippen LogP contribution in [-0.4, -0.2) is 42.9 Å². The first kappa shape index (κ1) is 15.9. The molecule has 0 amide bonds. The Balaban J connectivity index is 2.40. The van der Waals surface area contributed by atoms with Gasteiger partial charge in [0, 0.05) is 24.7 Å². The Morgan fingerprint density at radius 1 is 1.29 bits per heavy atom. The third-order valence-corrected chi connectivity index (χ3v) is 5.23. The minimum atomic E-state index is -3.75. The number of rotatable bonds is 3. The van der Waals surface area contributed by atoms with Gasteiger partial charge in [0.2, 0.25) is 10.0 Å². The van der Waals surface area contributed by atoms with E-state index in [2.05, 4.69) is 0 Å². The number of benzene rings is 1. The molecule has 1 fully saturated rings. The van der Waals surface area contributed by atoms with Gasteiger partial charge in [0.25, 0.3) is 5.69 Å². The van der Waals surface area contributed by atoms with E-state index in [1.807, 2.05) is 0 Å². The fourth-order valence-electron chi connectivity index (χ4n) is 2.42. The molecule has 2 atom stereocenters. The smallest absolute Gasteiger partial charge is 0.273 e. The van der Waals surface area contributed by atoms with Gasteiger partial charge in [0.15, 0.2) is 0 Å². The van der Waals surface area contributed by atoms with E-state index in [0.29, 0.717) is 5.56 Å². The van der Waals surface area contributed by atoms with E-state index in [4.69, 9.17) is 4.74 Å². The molecule has 1 aromatic rings. The van der Waals surface area contributed by atoms with Crippen LogP contribution in [0.1, 0.15) is 19.4 Å². The lowest BCUT2D eigenvalue weighted by molar-refractivity contribution is -0.385. The SMILES string of the molecule is Cc1ccc(S(=O)(=O)N2C[C@H](C)O[C@@H](C)C2)cc1[N+](=O)[O-]. The van der Waals surface area contributed by atoms with E-state index in [9.17, 15) is 18.5 Å². The second-order valence-corrected chi connectivity index (χ2v) is 7.22. The van der Waals surface area contributed by atoms with Gasteiger partial charge in [0.05, 0.1) is 22.0 Å². The van der Waals surface area contributed by atoms with Gasteiger partial charge >= 0.3 is 0 Å². The fraction of sp³-hybridized carbons (Fsp3) is 0.538. The van der Waals surface area contributed by atoms with Crippen LogP contribution in [0.3, 0.4) is 0 Å². The minimum Gasteiger partial charge on any atom is -0.373 e. The van der Waals surface area contributed by atoms with Crippen LogP contribution in [0.5, 0.6) is 0 Å². The second-order valence-electron chi connectivity index (χ2n) is 5.28. The fourth-order valence-corrected chi connectivity index (χ4v) is 4.03. The van der Waals surface area contributed by atoms with Gasteiger partial charge in [-0.25, -0.2) is 8.42 Å². The Labute approximate surface area is 123 Å². The quantitative estimate of drug-likeness (QED) is 0.625. The third-order valence-electron chi connectivity index (χ3n) is 3.40. The first-order chi connectivity index (χ1) is 9.71. The Bertz CT molecular complexity index is 649. The van der Waals surface area contributed by atoms with Crippen molar-refractivity contribution in [3.8, 4) is 0 Å². The monoisotopic (exact) mass is 314 g/mol. The Morgan fingerprint density at radius 3 is 2.38 bits per heavy atom. The highest BCUT2D eigenvalue weighted by molar-refractivity contribution is 7.89. The molecule has 0 N–H and O–H groups in total. The van der Waals surface area contributed by atoms with Gasteiger partial charge in [-0.05, 0) is 26.8 Å². The molecule has 1 heterocycles. The number of sulfonamides is 1. The van der Waals surface area contributed by atoms with Gasteiger partial charge in [-0.2, -0.15) is 4.31 Å². The molecule has 0 aliphatic carbocycles. The molecule has 116 valence electrons. The molecule has 8 heteroatoms. The average Bonchev–Trinajstić information content (AvgIpc) is 2.37. The van der Waals surface area contributed by atoms with Crippen LogP contribution >= 0.6 is 0 Å². The number of nitro groups is 1. The molecule has 2 rings (SSSR count). The van der Waals surface area contributed by atoms with Crippen molar-refractivity contribution < 1.29 is 18.1 Å². The Kier molecular flexibility index (Phi) is 4.31. The van der Waals surface area contributed by atoms with Crippen molar-refractivity contribution >= 4 is 15.7 Å². The summed E-state index contributed by atoms with van der Waals surface area (Å²) in [6.45, 7) is 5.67. The molecule has 1 aromatic carbocycles. The molecule has 1 aliphatic heterocycles. The summed E-state index contributed by atoms with van der Waals surface area (Å²) >= 11 is 0. The molecule has 0 unspecified atom stereocenters. The summed E-state index contributed by atoms with van der Waals surface area (Å²) in [7, 11) is -3.75. The maximum Gasteiger partial charge on any atom is 0.273 e. The van der Waals surface area contributed by atoms with Gasteiger partial charge in [-0.3, -0.25) is 10.1 Å². The predicted molar refractivity (Wildman–Crippen MR) is 76.6 cm³/mol. The van der Waals surface area contributed by atoms with Crippen LogP contribution in [-0.2, 0) is 14.8 Å². The molecule has 0 saturated carbocycles. The van der Waals surface area contributed by atoms with Crippen molar-refractivity contribution in [2.24, 2.45) is 0 Å². The summed E-state index contributed by atoms with van der Waals surface area (Å²) in [6, 6.07) is 3.98. The van der Waals surface area contributed by atoms with Crippen molar-refractivity contribution in [2.45, 2.75) is 37.9 Å². The highest BCUT2D eigenvalue weighted by Crippen LogP contribution is 2.26. The van der Waals surface area contributed by atoms with Gasteiger partial charge in [-0.15, -0.1) is 0 Å². The van der Waals surface area contributed by atoms with Crippen molar-refractivity contribution in [1.82, 2.24) is 4.31 Å². The number of ether oxygens (including phenoxy) is 1. The lowest BCUT2D eigenvalue weighted by Gasteiger charge is -2.34. The standard InChI is InChI=1S/C13H18N2O5S/c1-9-4-5-12(6-13(9)15(16)17)21(18,19)14-7-10(2)20-11(3)8-14/h4-6,10-11H,7-8H2,1-3H3/t10-,11-/m0/s1. The number of nitrogens with zero attached hydrogens (tertiary/aromatic N) is 2. The molecule has 21 heavy (non-hydrogen) atoms. The first-order valence-corrected chi connectivity index (χ1v) is 8.06. The van der Waals surface area contributed by atoms with Crippen molar-refractivity contribution in [3.63, 3.8) is 0 Å². The zero-order valence-electron chi connectivity index (χ0n) is 12.1. The molecule has 0 spiro atoms. The zero-order chi connectivity index (χ0) is 15.8. The van der Waals surface area contributed by atoms with E-state index in [0.717, 1.165) is 6.07 Å². The van der Waals surface area contributed by atoms with Crippen LogP contribution in [0, 0.1) is 17.0 Å². The maximum atomic E-state index is 12.6. The number of morpholine rings is 1. The summed E-state index contributed by atoms with van der Waals surface area (Å²) in [6.07, 6.45) is -0.409. The van der Waals surface area contributed by atoms with E-state index in [1.165, 1.54) is 16.4 Å². The van der Waals surface area contributed by atoms with Crippen LogP contribution in [0.25, 0.3) is 0 Å². The van der Waals surface area contributed by atoms with E-state index >= 15 is 0 Å². The number of hydrogen-bond acceptors (Lipinski definition) is 5. The topological polar surface area (TPSA) is 89.8 Å². The number of nitro benzene ring substituents is 1. The van der Waals surface area contributed by atoms with Crippen LogP contribution < -0.4 is 0 Å². The van der Waals surface area contributed by atoms with Gasteiger partial charge in [-0.1, -0.05) is 6.07 Å². The van der Waals surface area contributed by atoms with Crippen molar-refractivity contribution in [1.29, 1.82) is 0 Å². The van der Waals surface area contributed by atoms with Crippen LogP contribution in [0.2, 0.25) is 0 Å². The molecule has 1 saturated heterocycles. The van der Waals surface area contributed by atoms with E-state index < -0.39 is 14.9 Å². The first-order valence-electron chi connectivity index (χ1n) is 6.62. The third kappa shape index (κ3) is 3.22. The number of aryl methyl sites for hydroxylation is 1. The summed E-state index contributed by atoms with van der Waals surface area (Å²) in [5, 5.41) is 11.0. The molecular weight excluding hydrogens is 296 g/mol. The highest BCUT2D eigenvalue weighted by Gasteiger charge is 2.33. The van der Waals surface area contributed by atoms with Gasteiger partial charge in [0.1, 0.15) is 0 Å². The lowest BCUT2D eigenvalue weighted by Crippen LogP contribution is -2.48. The maximum absolute atomic E-state index is 12.6. The van der Waals surface area contributed by atoms with Crippen LogP contribution in [0.4, 0.5) is 5.69 Å². The predicted octanol–water partition coefficient (Wildman–Crippen LogP) is 1.70. The summed E-state index contributed by atoms with van der Waals surface area (Å²) in [5.41, 5.74) is 0.244. The minimum absolute atomic E-state index is 0.0545. The molecule has 0 bridgehead atoms. The zero-order valence-corrected chi connectivity index (χ0v) is 13.0. The van der Waals surface area contributed by atoms with Crippen molar-refractivity contribution in [3.05, 3.63) is 33.9 Å². The van der Waals surface area contributed by atoms with E-state index in [1.54, 1.807) is 20.8 Å². The second kappa shape index (κ2) is 5.70. The summed E-state index contributed by atoms with van der Waals surface area (Å²) in [5.74, 6) is 0. The Morgan fingerprint density at radius 2 is 1.86 bits per heavy atom. The van der Waals surface area contributed by atoms with Gasteiger partial charge < -0.3 is 4.74 Å². The Hall–Kier alpha value is -1.51. The van der Waals surface area contributed by atoms with Crippen LogP contribution in [0.15, 0.2) is 23.1 Å². The molecule has 0 aromatic heterocycles. The molecule has 0 radical (unpaired) electrons. The lowest BCUT2D eigenvalue weighted by atomic mass is 10.2. The molecule has 1 aliphatic rings. The number of hydrogen-bond donors (Lipinski definition) is 0. The summed E-state index contributed by atoms with van der Waals surface area (Å²) < 4.78 is 32.1. The normalized spacial score (nSPS) is 24.0. The summed E-state index contributed by atoms with van der Waals surface area (Å²) in [4.78, 5) is 10.3. The van der Waals surface area contributed by atoms with Crippen molar-refractivity contribution in [2.75, 3.05) is 13.1 Å². The largest absolute Gasteiger partial charge is 0.373 e. The highest BCUT2D eigenvalue weighted by atomic mass is 32.2. The average molecular weight is 314 g/mol. The van der Waals surface area contributed by atoms with E-state index in [-0.39, 0.29) is 35.9 Å². The molecular formula is C13H18N2O5S. The molecule has 7 nitrogen and oxygen atoms in total.